The van der Waals surface area contributed by atoms with Gasteiger partial charge in [0.25, 0.3) is 0 Å². The topological polar surface area (TPSA) is 65.0 Å². The zero-order valence-electron chi connectivity index (χ0n) is 27.3. The van der Waals surface area contributed by atoms with Crippen LogP contribution >= 0.6 is 0 Å². The summed E-state index contributed by atoms with van der Waals surface area (Å²) >= 11 is 0. The van der Waals surface area contributed by atoms with Gasteiger partial charge in [-0.3, -0.25) is 4.98 Å². The van der Waals surface area contributed by atoms with E-state index in [-0.39, 0.29) is 25.5 Å². The van der Waals surface area contributed by atoms with E-state index in [1.807, 2.05) is 66.9 Å². The molecule has 0 aliphatic carbocycles. The molecule has 8 aromatic rings. The number of furan rings is 2. The fraction of sp³-hybridized carbons (Fsp3) is 0.175. The molecule has 4 aromatic carbocycles. The van der Waals surface area contributed by atoms with Gasteiger partial charge in [-0.15, -0.1) is 54.1 Å². The predicted octanol–water partition coefficient (Wildman–Crippen LogP) is 10.1. The Morgan fingerprint density at radius 1 is 0.638 bits per heavy atom. The standard InChI is InChI=1S/C26H19N2O2.C14H16NSi.Ir/c1-26(2,3)24-13-20(27-14-28-24)17-9-6-8-16-19-12-22-18(11-23(19)30-25(16)17)15-7-4-5-10-21(15)29-22;1-16(2,3)13-9-10-14(15-11-13)12-7-5-4-6-8-12;/h4-8,10-14H,1-3H3;4-7,9-11H,1-3H3;/q2*-1;. The van der Waals surface area contributed by atoms with Crippen molar-refractivity contribution in [1.82, 2.24) is 15.0 Å². The number of nitrogens with zero attached hydrogens (tertiary/aromatic N) is 3. The normalized spacial score (nSPS) is 11.9. The number of para-hydroxylation sites is 1. The van der Waals surface area contributed by atoms with Gasteiger partial charge in [0, 0.05) is 53.6 Å². The van der Waals surface area contributed by atoms with Crippen LogP contribution in [0.2, 0.25) is 19.6 Å². The predicted molar refractivity (Wildman–Crippen MR) is 191 cm³/mol. The van der Waals surface area contributed by atoms with Crippen molar-refractivity contribution in [2.45, 2.75) is 45.8 Å². The van der Waals surface area contributed by atoms with E-state index in [4.69, 9.17) is 8.83 Å². The molecule has 0 aliphatic heterocycles. The quantitative estimate of drug-likeness (QED) is 0.131. The van der Waals surface area contributed by atoms with E-state index in [0.717, 1.165) is 72.1 Å². The summed E-state index contributed by atoms with van der Waals surface area (Å²) in [5, 5.41) is 5.59. The van der Waals surface area contributed by atoms with Gasteiger partial charge in [0.05, 0.1) is 13.7 Å². The minimum absolute atomic E-state index is 0. The molecule has 4 aromatic heterocycles. The third-order valence-electron chi connectivity index (χ3n) is 8.24. The van der Waals surface area contributed by atoms with Gasteiger partial charge in [-0.1, -0.05) is 87.8 Å². The first-order valence-electron chi connectivity index (χ1n) is 15.5. The molecule has 0 saturated heterocycles. The van der Waals surface area contributed by atoms with E-state index in [0.29, 0.717) is 0 Å². The Labute approximate surface area is 289 Å². The smallest absolute Gasteiger partial charge is 0.136 e. The molecule has 0 aliphatic rings. The average molecular weight is 810 g/mol. The molecular weight excluding hydrogens is 775 g/mol. The van der Waals surface area contributed by atoms with Gasteiger partial charge >= 0.3 is 0 Å². The molecule has 0 bridgehead atoms. The van der Waals surface area contributed by atoms with Crippen molar-refractivity contribution >= 4 is 57.1 Å². The molecule has 8 rings (SSSR count). The van der Waals surface area contributed by atoms with E-state index in [2.05, 4.69) is 97.8 Å². The largest absolute Gasteiger partial charge is 0.501 e. The van der Waals surface area contributed by atoms with Crippen molar-refractivity contribution < 1.29 is 28.9 Å². The van der Waals surface area contributed by atoms with Crippen molar-refractivity contribution in [3.8, 4) is 22.5 Å². The van der Waals surface area contributed by atoms with E-state index < -0.39 is 8.07 Å². The van der Waals surface area contributed by atoms with Gasteiger partial charge in [-0.2, -0.15) is 0 Å². The molecule has 0 fully saturated rings. The van der Waals surface area contributed by atoms with Crippen molar-refractivity contribution in [3.63, 3.8) is 0 Å². The van der Waals surface area contributed by atoms with E-state index in [1.165, 1.54) is 5.19 Å². The van der Waals surface area contributed by atoms with Crippen LogP contribution in [0.5, 0.6) is 0 Å². The van der Waals surface area contributed by atoms with Gasteiger partial charge in [0.2, 0.25) is 0 Å². The summed E-state index contributed by atoms with van der Waals surface area (Å²) < 4.78 is 12.4. The molecule has 7 heteroatoms. The maximum Gasteiger partial charge on any atom is 0.136 e. The van der Waals surface area contributed by atoms with Crippen molar-refractivity contribution in [3.05, 3.63) is 121 Å². The summed E-state index contributed by atoms with van der Waals surface area (Å²) in [6.07, 6.45) is 3.63. The van der Waals surface area contributed by atoms with E-state index >= 15 is 0 Å². The number of hydrogen-bond acceptors (Lipinski definition) is 5. The van der Waals surface area contributed by atoms with Crippen molar-refractivity contribution in [2.75, 3.05) is 0 Å². The van der Waals surface area contributed by atoms with Crippen LogP contribution in [0.1, 0.15) is 26.5 Å². The molecule has 0 unspecified atom stereocenters. The number of benzene rings is 4. The summed E-state index contributed by atoms with van der Waals surface area (Å²) in [6, 6.07) is 37.0. The number of aromatic nitrogens is 3. The van der Waals surface area contributed by atoms with Crippen LogP contribution in [0.4, 0.5) is 0 Å². The Bertz CT molecular complexity index is 2330. The molecule has 237 valence electrons. The van der Waals surface area contributed by atoms with Gasteiger partial charge in [-0.05, 0) is 34.8 Å². The molecule has 4 heterocycles. The molecule has 0 amide bonds. The minimum Gasteiger partial charge on any atom is -0.501 e. The molecule has 47 heavy (non-hydrogen) atoms. The van der Waals surface area contributed by atoms with Gasteiger partial charge in [0.1, 0.15) is 23.1 Å². The monoisotopic (exact) mass is 810 g/mol. The average Bonchev–Trinajstić information content (AvgIpc) is 3.61. The Kier molecular flexibility index (Phi) is 8.75. The molecule has 0 saturated carbocycles. The van der Waals surface area contributed by atoms with Crippen LogP contribution in [0, 0.1) is 12.1 Å². The maximum absolute atomic E-state index is 6.36. The van der Waals surface area contributed by atoms with Gasteiger partial charge < -0.3 is 13.8 Å². The van der Waals surface area contributed by atoms with Crippen LogP contribution in [0.3, 0.4) is 0 Å². The van der Waals surface area contributed by atoms with Crippen molar-refractivity contribution in [2.24, 2.45) is 0 Å². The zero-order chi connectivity index (χ0) is 32.1. The Morgan fingerprint density at radius 3 is 2.09 bits per heavy atom. The first-order valence-corrected chi connectivity index (χ1v) is 19.0. The number of rotatable bonds is 3. The Morgan fingerprint density at radius 2 is 1.38 bits per heavy atom. The zero-order valence-corrected chi connectivity index (χ0v) is 30.7. The number of pyridine rings is 1. The summed E-state index contributed by atoms with van der Waals surface area (Å²) in [7, 11) is -1.23. The number of hydrogen-bond donors (Lipinski definition) is 0. The van der Waals surface area contributed by atoms with Crippen molar-refractivity contribution in [1.29, 1.82) is 0 Å². The third-order valence-corrected chi connectivity index (χ3v) is 10.3. The molecule has 0 N–H and O–H groups in total. The fourth-order valence-electron chi connectivity index (χ4n) is 5.60. The van der Waals surface area contributed by atoms with Crippen LogP contribution in [0.15, 0.2) is 112 Å². The molecule has 5 nitrogen and oxygen atoms in total. The second-order valence-electron chi connectivity index (χ2n) is 13.6. The Hall–Kier alpha value is -4.42. The first-order chi connectivity index (χ1) is 22.1. The summed E-state index contributed by atoms with van der Waals surface area (Å²) in [5.41, 5.74) is 7.99. The fourth-order valence-corrected chi connectivity index (χ4v) is 6.64. The van der Waals surface area contributed by atoms with Gasteiger partial charge in [-0.25, -0.2) is 4.98 Å². The van der Waals surface area contributed by atoms with E-state index in [9.17, 15) is 0 Å². The number of fused-ring (bicyclic) bond motifs is 6. The van der Waals surface area contributed by atoms with E-state index in [1.54, 1.807) is 6.33 Å². The SMILES string of the molecule is CC(C)(C)c1cc(-c2[c-]ccc3c2oc2cc4c(cc23)oc2ccccc24)ncn1.C[Si](C)(C)c1ccc(-c2[c-]cccc2)nc1.[Ir]. The molecule has 0 atom stereocenters. The van der Waals surface area contributed by atoms with Crippen LogP contribution in [-0.2, 0) is 25.5 Å². The minimum atomic E-state index is -1.23. The summed E-state index contributed by atoms with van der Waals surface area (Å²) in [4.78, 5) is 13.5. The van der Waals surface area contributed by atoms with Crippen LogP contribution < -0.4 is 5.19 Å². The second-order valence-corrected chi connectivity index (χ2v) is 18.7. The first kappa shape index (κ1) is 32.5. The maximum atomic E-state index is 6.36. The van der Waals surface area contributed by atoms with Gasteiger partial charge in [0.15, 0.2) is 0 Å². The van der Waals surface area contributed by atoms with Crippen LogP contribution in [-0.4, -0.2) is 23.0 Å². The summed E-state index contributed by atoms with van der Waals surface area (Å²) in [6.45, 7) is 13.4. The molecular formula is C40H35IrN3O2Si-2. The molecule has 0 spiro atoms. The third kappa shape index (κ3) is 6.44. The molecule has 1 radical (unpaired) electrons. The van der Waals surface area contributed by atoms with Crippen LogP contribution in [0.25, 0.3) is 66.4 Å². The second kappa shape index (κ2) is 12.6. The summed E-state index contributed by atoms with van der Waals surface area (Å²) in [5.74, 6) is 0. The Balaban J connectivity index is 0.000000194.